The van der Waals surface area contributed by atoms with Crippen LogP contribution < -0.4 is 19.9 Å². The van der Waals surface area contributed by atoms with Gasteiger partial charge in [-0.15, -0.1) is 0 Å². The summed E-state index contributed by atoms with van der Waals surface area (Å²) in [6, 6.07) is 1.52. The summed E-state index contributed by atoms with van der Waals surface area (Å²) in [5.41, 5.74) is 2.09. The van der Waals surface area contributed by atoms with Gasteiger partial charge in [-0.1, -0.05) is 18.7 Å². The van der Waals surface area contributed by atoms with Crippen LogP contribution in [0.1, 0.15) is 59.2 Å². The number of aryl methyl sites for hydroxylation is 1. The molecule has 280 valence electrons. The first-order valence-electron chi connectivity index (χ1n) is 18.1. The minimum atomic E-state index is -0.919. The molecule has 1 saturated carbocycles. The second-order valence-corrected chi connectivity index (χ2v) is 15.6. The molecule has 5 heterocycles. The second-order valence-electron chi connectivity index (χ2n) is 15.6. The molecule has 4 aliphatic rings. The molecular formula is C39H42FN9O5. The summed E-state index contributed by atoms with van der Waals surface area (Å²) < 4.78 is 27.4. The van der Waals surface area contributed by atoms with Gasteiger partial charge in [0.2, 0.25) is 5.91 Å². The van der Waals surface area contributed by atoms with E-state index >= 15 is 4.39 Å². The topological polar surface area (TPSA) is 159 Å². The fourth-order valence-electron chi connectivity index (χ4n) is 7.81. The van der Waals surface area contributed by atoms with E-state index in [0.29, 0.717) is 70.1 Å². The van der Waals surface area contributed by atoms with Gasteiger partial charge in [0.1, 0.15) is 34.7 Å². The maximum absolute atomic E-state index is 15.7. The van der Waals surface area contributed by atoms with Crippen LogP contribution in [-0.2, 0) is 14.3 Å². The molecule has 2 N–H and O–H groups in total. The molecule has 0 radical (unpaired) electrons. The monoisotopic (exact) mass is 735 g/mol. The molecule has 0 bridgehead atoms. The number of alkyl carbamates (subject to hydrolysis) is 1. The third kappa shape index (κ3) is 6.10. The number of H-pyrrole nitrogens is 1. The molecule has 1 spiro atoms. The molecule has 1 saturated heterocycles. The average molecular weight is 736 g/mol. The molecule has 3 aromatic heterocycles. The molecule has 2 aliphatic heterocycles. The van der Waals surface area contributed by atoms with E-state index in [1.165, 1.54) is 34.3 Å². The average Bonchev–Trinajstić information content (AvgIpc) is 3.59. The Balaban J connectivity index is 1.18. The van der Waals surface area contributed by atoms with E-state index in [1.807, 2.05) is 26.8 Å². The van der Waals surface area contributed by atoms with Crippen molar-refractivity contribution in [1.82, 2.24) is 35.1 Å². The van der Waals surface area contributed by atoms with Crippen molar-refractivity contribution in [3.8, 4) is 11.8 Å². The zero-order chi connectivity index (χ0) is 38.3. The van der Waals surface area contributed by atoms with Gasteiger partial charge in [-0.25, -0.2) is 19.2 Å². The van der Waals surface area contributed by atoms with Crippen LogP contribution in [0.25, 0.3) is 21.9 Å². The molecular weight excluding hydrogens is 693 g/mol. The predicted octanol–water partition coefficient (Wildman–Crippen LogP) is 5.99. The second kappa shape index (κ2) is 12.6. The molecule has 4 aromatic rings. The number of hydrogen-bond donors (Lipinski definition) is 2. The van der Waals surface area contributed by atoms with Crippen molar-refractivity contribution < 1.29 is 28.2 Å². The molecule has 2 atom stereocenters. The molecule has 8 rings (SSSR count). The lowest BCUT2D eigenvalue weighted by molar-refractivity contribution is -0.132. The standard InChI is InChI=1S/C39H42FN9O5/c1-20-25-10-8-9-11-26(25)35(51)49(20)21(2)34(50)47(7)28-15-23(40)14-27-30-32(44-31(27)28)45-36(53-24-16-41-22(3)42-17-24)46-33(30)48-18-29(39(19-48)12-13-39)43-37(52)54-38(4,5)6/h9,11,14-17,21,29H,1,8,10,12-13,18-19H2,2-7H3,(H,43,52)(H,44,45,46)/t21-,29-/m0/s1. The minimum Gasteiger partial charge on any atom is -0.444 e. The highest BCUT2D eigenvalue weighted by Gasteiger charge is 2.56. The Bertz CT molecular complexity index is 2320. The van der Waals surface area contributed by atoms with E-state index in [9.17, 15) is 14.4 Å². The Morgan fingerprint density at radius 2 is 1.93 bits per heavy atom. The Morgan fingerprint density at radius 3 is 2.61 bits per heavy atom. The quantitative estimate of drug-likeness (QED) is 0.231. The van der Waals surface area contributed by atoms with Crippen molar-refractivity contribution in [2.45, 2.75) is 78.0 Å². The van der Waals surface area contributed by atoms with Gasteiger partial charge in [0.15, 0.2) is 5.75 Å². The molecule has 15 heteroatoms. The number of rotatable bonds is 7. The first kappa shape index (κ1) is 35.2. The normalized spacial score (nSPS) is 19.6. The SMILES string of the molecule is C=C1C2=C(C=CCC2)C(=O)N1[C@@H](C)C(=O)N(C)c1cc(F)cc2c1[nH]c1nc(Oc3cnc(C)nc3)nc(N3C[C@H](NC(=O)OC(C)(C)C)C4(CC4)C3)c12. The lowest BCUT2D eigenvalue weighted by atomic mass is 9.99. The number of benzene rings is 1. The summed E-state index contributed by atoms with van der Waals surface area (Å²) in [5.74, 6) is 0.0696. The van der Waals surface area contributed by atoms with Crippen LogP contribution >= 0.6 is 0 Å². The Hall–Kier alpha value is -5.86. The Morgan fingerprint density at radius 1 is 1.19 bits per heavy atom. The van der Waals surface area contributed by atoms with E-state index in [4.69, 9.17) is 19.4 Å². The summed E-state index contributed by atoms with van der Waals surface area (Å²) in [4.78, 5) is 66.6. The zero-order valence-electron chi connectivity index (χ0n) is 31.1. The summed E-state index contributed by atoms with van der Waals surface area (Å²) >= 11 is 0. The van der Waals surface area contributed by atoms with Crippen molar-refractivity contribution in [3.05, 3.63) is 71.7 Å². The summed E-state index contributed by atoms with van der Waals surface area (Å²) in [5, 5.41) is 4.05. The number of hydrogen-bond acceptors (Lipinski definition) is 10. The van der Waals surface area contributed by atoms with Crippen LogP contribution in [0.2, 0.25) is 0 Å². The van der Waals surface area contributed by atoms with Gasteiger partial charge >= 0.3 is 12.1 Å². The first-order chi connectivity index (χ1) is 25.6. The molecule has 2 aliphatic carbocycles. The lowest BCUT2D eigenvalue weighted by Gasteiger charge is -2.29. The van der Waals surface area contributed by atoms with E-state index in [1.54, 1.807) is 27.0 Å². The molecule has 1 aromatic carbocycles. The highest BCUT2D eigenvalue weighted by molar-refractivity contribution is 6.17. The highest BCUT2D eigenvalue weighted by atomic mass is 19.1. The zero-order valence-corrected chi connectivity index (χ0v) is 31.1. The van der Waals surface area contributed by atoms with E-state index in [0.717, 1.165) is 24.8 Å². The third-order valence-corrected chi connectivity index (χ3v) is 10.7. The van der Waals surface area contributed by atoms with E-state index in [-0.39, 0.29) is 29.1 Å². The number of likely N-dealkylation sites (N-methyl/N-ethyl adjacent to an activating group) is 1. The summed E-state index contributed by atoms with van der Waals surface area (Å²) in [6.45, 7) is 14.0. The number of fused-ring (bicyclic) bond motifs is 3. The fourth-order valence-corrected chi connectivity index (χ4v) is 7.81. The number of allylic oxidation sites excluding steroid dienone is 2. The van der Waals surface area contributed by atoms with Crippen LogP contribution in [0.3, 0.4) is 0 Å². The van der Waals surface area contributed by atoms with Crippen LogP contribution in [0, 0.1) is 18.2 Å². The Kier molecular flexibility index (Phi) is 8.23. The van der Waals surface area contributed by atoms with Crippen molar-refractivity contribution in [3.63, 3.8) is 0 Å². The number of aromatic amines is 1. The maximum atomic E-state index is 15.7. The number of carbonyl (C=O) groups is 3. The predicted molar refractivity (Wildman–Crippen MR) is 199 cm³/mol. The number of nitrogens with zero attached hydrogens (tertiary/aromatic N) is 7. The first-order valence-corrected chi connectivity index (χ1v) is 18.1. The molecule has 54 heavy (non-hydrogen) atoms. The Labute approximate surface area is 311 Å². The molecule has 0 unspecified atom stereocenters. The highest BCUT2D eigenvalue weighted by Crippen LogP contribution is 2.54. The summed E-state index contributed by atoms with van der Waals surface area (Å²) in [7, 11) is 1.55. The number of ether oxygens (including phenoxy) is 2. The number of carbonyl (C=O) groups excluding carboxylic acids is 3. The van der Waals surface area contributed by atoms with E-state index < -0.39 is 29.5 Å². The molecule has 2 fully saturated rings. The van der Waals surface area contributed by atoms with Crippen LogP contribution in [0.5, 0.6) is 11.8 Å². The summed E-state index contributed by atoms with van der Waals surface area (Å²) in [6.07, 6.45) is 9.55. The van der Waals surface area contributed by atoms with Gasteiger partial charge < -0.3 is 29.6 Å². The third-order valence-electron chi connectivity index (χ3n) is 10.7. The van der Waals surface area contributed by atoms with Crippen molar-refractivity contribution in [2.24, 2.45) is 5.41 Å². The smallest absolute Gasteiger partial charge is 0.407 e. The maximum Gasteiger partial charge on any atom is 0.407 e. The van der Waals surface area contributed by atoms with Gasteiger partial charge in [-0.3, -0.25) is 14.5 Å². The van der Waals surface area contributed by atoms with Gasteiger partial charge in [-0.2, -0.15) is 9.97 Å². The van der Waals surface area contributed by atoms with Crippen LogP contribution in [-0.4, -0.2) is 85.5 Å². The number of anilines is 2. The number of aromatic nitrogens is 5. The molecule has 14 nitrogen and oxygen atoms in total. The van der Waals surface area contributed by atoms with E-state index in [2.05, 4.69) is 31.7 Å². The largest absolute Gasteiger partial charge is 0.444 e. The van der Waals surface area contributed by atoms with Gasteiger partial charge in [-0.05, 0) is 78.0 Å². The molecule has 3 amide bonds. The van der Waals surface area contributed by atoms with Crippen molar-refractivity contribution >= 4 is 51.3 Å². The van der Waals surface area contributed by atoms with Crippen LogP contribution in [0.4, 0.5) is 20.7 Å². The van der Waals surface area contributed by atoms with Crippen LogP contribution in [0.15, 0.2) is 60.1 Å². The van der Waals surface area contributed by atoms with Gasteiger partial charge in [0.25, 0.3) is 5.91 Å². The van der Waals surface area contributed by atoms with Crippen molar-refractivity contribution in [2.75, 3.05) is 29.9 Å². The number of halogens is 1. The minimum absolute atomic E-state index is 0.00144. The van der Waals surface area contributed by atoms with Gasteiger partial charge in [0, 0.05) is 42.2 Å². The van der Waals surface area contributed by atoms with Crippen molar-refractivity contribution in [1.29, 1.82) is 0 Å². The number of amides is 3. The number of nitrogens with one attached hydrogen (secondary N) is 2. The fraction of sp³-hybridized carbons (Fsp3) is 0.410. The van der Waals surface area contributed by atoms with Gasteiger partial charge in [0.05, 0.1) is 35.0 Å². The lowest BCUT2D eigenvalue weighted by Crippen LogP contribution is -2.46.